The SMILES string of the molecule is CN(CCOCCCCCCNC[C@H](O)c1ccc(O)c2[nH]c(=O)ccc12)Cc1cccc(S(=O)(=O)C2CCCC2)c1. The zero-order valence-electron chi connectivity index (χ0n) is 24.6. The molecule has 1 aliphatic carbocycles. The number of phenolic OH excluding ortho intramolecular Hbond substituents is 1. The summed E-state index contributed by atoms with van der Waals surface area (Å²) in [5.41, 5.74) is 1.71. The summed E-state index contributed by atoms with van der Waals surface area (Å²) in [4.78, 5) is 16.8. The predicted octanol–water partition coefficient (Wildman–Crippen LogP) is 4.28. The number of fused-ring (bicyclic) bond motifs is 1. The van der Waals surface area contributed by atoms with E-state index < -0.39 is 15.9 Å². The molecule has 42 heavy (non-hydrogen) atoms. The molecule has 10 heteroatoms. The Labute approximate surface area is 248 Å². The van der Waals surface area contributed by atoms with E-state index in [1.807, 2.05) is 25.2 Å². The number of phenols is 1. The molecule has 0 spiro atoms. The number of sulfone groups is 1. The molecular formula is C32H45N3O6S. The third-order valence-electron chi connectivity index (χ3n) is 8.03. The smallest absolute Gasteiger partial charge is 0.248 e. The molecule has 0 amide bonds. The highest BCUT2D eigenvalue weighted by molar-refractivity contribution is 7.92. The van der Waals surface area contributed by atoms with Crippen LogP contribution in [0.25, 0.3) is 10.9 Å². The van der Waals surface area contributed by atoms with E-state index in [0.717, 1.165) is 70.0 Å². The number of aliphatic hydroxyl groups excluding tert-OH is 1. The number of pyridine rings is 1. The first-order chi connectivity index (χ1) is 20.3. The van der Waals surface area contributed by atoms with Gasteiger partial charge in [0.25, 0.3) is 0 Å². The number of nitrogens with one attached hydrogen (secondary N) is 2. The number of aromatic amines is 1. The van der Waals surface area contributed by atoms with Gasteiger partial charge in [-0.05, 0) is 74.7 Å². The molecule has 1 heterocycles. The molecule has 0 unspecified atom stereocenters. The lowest BCUT2D eigenvalue weighted by Gasteiger charge is -2.18. The van der Waals surface area contributed by atoms with E-state index in [9.17, 15) is 23.4 Å². The summed E-state index contributed by atoms with van der Waals surface area (Å²) in [6.07, 6.45) is 6.92. The summed E-state index contributed by atoms with van der Waals surface area (Å²) in [6, 6.07) is 13.6. The summed E-state index contributed by atoms with van der Waals surface area (Å²) in [5.74, 6) is -0.0163. The van der Waals surface area contributed by atoms with Crippen LogP contribution in [0.3, 0.4) is 0 Å². The molecule has 1 aliphatic rings. The van der Waals surface area contributed by atoms with Crippen molar-refractivity contribution >= 4 is 20.7 Å². The third kappa shape index (κ3) is 8.87. The van der Waals surface area contributed by atoms with Gasteiger partial charge >= 0.3 is 0 Å². The maximum atomic E-state index is 12.9. The molecule has 0 aliphatic heterocycles. The van der Waals surface area contributed by atoms with Gasteiger partial charge in [-0.3, -0.25) is 9.69 Å². The quantitative estimate of drug-likeness (QED) is 0.169. The number of benzene rings is 2. The van der Waals surface area contributed by atoms with Gasteiger partial charge in [0.1, 0.15) is 5.75 Å². The number of rotatable bonds is 17. The van der Waals surface area contributed by atoms with E-state index in [2.05, 4.69) is 15.2 Å². The van der Waals surface area contributed by atoms with Gasteiger partial charge in [0.2, 0.25) is 5.56 Å². The lowest BCUT2D eigenvalue weighted by Crippen LogP contribution is -2.23. The van der Waals surface area contributed by atoms with Crippen molar-refractivity contribution in [1.82, 2.24) is 15.2 Å². The first-order valence-electron chi connectivity index (χ1n) is 15.1. The number of ether oxygens (including phenoxy) is 1. The van der Waals surface area contributed by atoms with Crippen LogP contribution in [0.1, 0.15) is 68.6 Å². The van der Waals surface area contributed by atoms with Crippen LogP contribution in [0.5, 0.6) is 5.75 Å². The fourth-order valence-corrected chi connectivity index (χ4v) is 7.55. The lowest BCUT2D eigenvalue weighted by molar-refractivity contribution is 0.106. The molecule has 1 saturated carbocycles. The molecule has 2 aromatic carbocycles. The van der Waals surface area contributed by atoms with Gasteiger partial charge in [0.15, 0.2) is 9.84 Å². The van der Waals surface area contributed by atoms with Crippen LogP contribution in [0, 0.1) is 0 Å². The minimum atomic E-state index is -3.24. The Hall–Kier alpha value is -2.76. The molecule has 4 N–H and O–H groups in total. The first kappa shape index (κ1) is 32.2. The average Bonchev–Trinajstić information content (AvgIpc) is 3.53. The van der Waals surface area contributed by atoms with Gasteiger partial charge in [0, 0.05) is 37.7 Å². The monoisotopic (exact) mass is 599 g/mol. The van der Waals surface area contributed by atoms with E-state index in [-0.39, 0.29) is 16.6 Å². The van der Waals surface area contributed by atoms with Crippen molar-refractivity contribution in [2.75, 3.05) is 39.9 Å². The number of aromatic nitrogens is 1. The number of hydrogen-bond donors (Lipinski definition) is 4. The third-order valence-corrected chi connectivity index (χ3v) is 10.3. The van der Waals surface area contributed by atoms with Crippen LogP contribution in [0.2, 0.25) is 0 Å². The number of unbranched alkanes of at least 4 members (excludes halogenated alkanes) is 3. The molecule has 0 radical (unpaired) electrons. The van der Waals surface area contributed by atoms with Crippen molar-refractivity contribution in [2.45, 2.75) is 74.2 Å². The Balaban J connectivity index is 1.04. The number of H-pyrrole nitrogens is 1. The van der Waals surface area contributed by atoms with Crippen LogP contribution in [-0.4, -0.2) is 73.7 Å². The normalized spacial score (nSPS) is 15.1. The topological polar surface area (TPSA) is 132 Å². The number of hydrogen-bond acceptors (Lipinski definition) is 8. The molecule has 4 rings (SSSR count). The number of aliphatic hydroxyl groups is 1. The Kier molecular flexibility index (Phi) is 12.0. The van der Waals surface area contributed by atoms with Crippen LogP contribution in [0.15, 0.2) is 58.2 Å². The second kappa shape index (κ2) is 15.6. The van der Waals surface area contributed by atoms with E-state index in [4.69, 9.17) is 4.74 Å². The zero-order valence-corrected chi connectivity index (χ0v) is 25.4. The van der Waals surface area contributed by atoms with E-state index in [1.165, 1.54) is 12.1 Å². The molecule has 1 atom stereocenters. The predicted molar refractivity (Wildman–Crippen MR) is 166 cm³/mol. The van der Waals surface area contributed by atoms with Crippen LogP contribution in [-0.2, 0) is 21.1 Å². The molecule has 0 saturated heterocycles. The van der Waals surface area contributed by atoms with Gasteiger partial charge in [0.05, 0.1) is 28.4 Å². The van der Waals surface area contributed by atoms with Gasteiger partial charge < -0.3 is 25.3 Å². The zero-order chi connectivity index (χ0) is 30.0. The van der Waals surface area contributed by atoms with E-state index in [1.54, 1.807) is 18.2 Å². The summed E-state index contributed by atoms with van der Waals surface area (Å²) in [6.45, 7) is 3.98. The number of likely N-dealkylation sites (N-methyl/N-ethyl adjacent to an activating group) is 1. The average molecular weight is 600 g/mol. The van der Waals surface area contributed by atoms with Gasteiger partial charge in [-0.25, -0.2) is 8.42 Å². The number of aromatic hydroxyl groups is 1. The van der Waals surface area contributed by atoms with Crippen molar-refractivity contribution in [3.8, 4) is 5.75 Å². The van der Waals surface area contributed by atoms with Gasteiger partial charge in [-0.2, -0.15) is 0 Å². The molecule has 0 bridgehead atoms. The van der Waals surface area contributed by atoms with Crippen molar-refractivity contribution in [1.29, 1.82) is 0 Å². The first-order valence-corrected chi connectivity index (χ1v) is 16.6. The van der Waals surface area contributed by atoms with Gasteiger partial charge in [-0.15, -0.1) is 0 Å². The Morgan fingerprint density at radius 1 is 1.05 bits per heavy atom. The van der Waals surface area contributed by atoms with E-state index >= 15 is 0 Å². The molecule has 230 valence electrons. The van der Waals surface area contributed by atoms with Crippen molar-refractivity contribution in [3.05, 3.63) is 70.0 Å². The minimum absolute atomic E-state index is 0.0163. The maximum absolute atomic E-state index is 12.9. The van der Waals surface area contributed by atoms with Crippen molar-refractivity contribution < 1.29 is 23.4 Å². The van der Waals surface area contributed by atoms with Crippen LogP contribution < -0.4 is 10.9 Å². The molecular weight excluding hydrogens is 554 g/mol. The summed E-state index contributed by atoms with van der Waals surface area (Å²) >= 11 is 0. The van der Waals surface area contributed by atoms with E-state index in [0.29, 0.717) is 47.7 Å². The Morgan fingerprint density at radius 3 is 2.64 bits per heavy atom. The maximum Gasteiger partial charge on any atom is 0.248 e. The summed E-state index contributed by atoms with van der Waals surface area (Å²) < 4.78 is 31.7. The standard InChI is InChI=1S/C32H45N3O6S/c1-35(23-24-9-8-12-26(21-24)42(39,40)25-10-4-5-11-25)18-20-41-19-7-3-2-6-17-33-22-30(37)27-13-15-29(36)32-28(27)14-16-31(38)34-32/h8-9,12-16,21,25,30,33,36-37H,2-7,10-11,17-20,22-23H2,1H3,(H,34,38)/t30-/m0/s1. The lowest BCUT2D eigenvalue weighted by atomic mass is 10.0. The second-order valence-corrected chi connectivity index (χ2v) is 13.6. The molecule has 3 aromatic rings. The van der Waals surface area contributed by atoms with Gasteiger partial charge in [-0.1, -0.05) is 43.9 Å². The largest absolute Gasteiger partial charge is 0.506 e. The Bertz CT molecular complexity index is 1450. The Morgan fingerprint density at radius 2 is 1.83 bits per heavy atom. The van der Waals surface area contributed by atoms with Crippen molar-refractivity contribution in [3.63, 3.8) is 0 Å². The van der Waals surface area contributed by atoms with Crippen LogP contribution >= 0.6 is 0 Å². The molecule has 1 fully saturated rings. The highest BCUT2D eigenvalue weighted by Crippen LogP contribution is 2.30. The number of nitrogens with zero attached hydrogens (tertiary/aromatic N) is 1. The van der Waals surface area contributed by atoms with Crippen LogP contribution in [0.4, 0.5) is 0 Å². The second-order valence-electron chi connectivity index (χ2n) is 11.4. The highest BCUT2D eigenvalue weighted by atomic mass is 32.2. The molecule has 9 nitrogen and oxygen atoms in total. The minimum Gasteiger partial charge on any atom is -0.506 e. The fraction of sp³-hybridized carbons (Fsp3) is 0.531. The van der Waals surface area contributed by atoms with Crippen molar-refractivity contribution in [2.24, 2.45) is 0 Å². The highest BCUT2D eigenvalue weighted by Gasteiger charge is 2.30. The summed E-state index contributed by atoms with van der Waals surface area (Å²) in [5, 5.41) is 24.3. The fourth-order valence-electron chi connectivity index (χ4n) is 5.63. The molecule has 1 aromatic heterocycles. The summed E-state index contributed by atoms with van der Waals surface area (Å²) in [7, 11) is -1.21.